The van der Waals surface area contributed by atoms with Gasteiger partial charge in [-0.1, -0.05) is 12.1 Å². The van der Waals surface area contributed by atoms with Crippen LogP contribution >= 0.6 is 15.9 Å². The number of benzene rings is 2. The minimum Gasteiger partial charge on any atom is -0.454 e. The van der Waals surface area contributed by atoms with Gasteiger partial charge in [0.1, 0.15) is 0 Å². The Morgan fingerprint density at radius 3 is 3.04 bits per heavy atom. The number of hydrogen-bond donors (Lipinski definition) is 2. The third kappa shape index (κ3) is 1.89. The van der Waals surface area contributed by atoms with Gasteiger partial charge in [0.15, 0.2) is 23.6 Å². The van der Waals surface area contributed by atoms with E-state index in [0.717, 1.165) is 21.1 Å². The number of fused-ring (bicyclic) bond motifs is 4. The summed E-state index contributed by atoms with van der Waals surface area (Å²) in [4.78, 5) is 9.17. The van der Waals surface area contributed by atoms with Crippen molar-refractivity contribution in [1.82, 2.24) is 9.55 Å². The lowest BCUT2D eigenvalue weighted by Crippen LogP contribution is -2.31. The van der Waals surface area contributed by atoms with E-state index < -0.39 is 0 Å². The quantitative estimate of drug-likeness (QED) is 0.672. The number of anilines is 1. The van der Waals surface area contributed by atoms with Crippen LogP contribution in [-0.4, -0.2) is 22.3 Å². The number of hydrogen-bond acceptors (Lipinski definition) is 6. The third-order valence-electron chi connectivity index (χ3n) is 4.09. The summed E-state index contributed by atoms with van der Waals surface area (Å²) in [7, 11) is 0. The lowest BCUT2D eigenvalue weighted by Gasteiger charge is -2.24. The van der Waals surface area contributed by atoms with Gasteiger partial charge in [-0.05, 0) is 40.2 Å². The van der Waals surface area contributed by atoms with Crippen LogP contribution in [0.3, 0.4) is 0 Å². The molecule has 1 atom stereocenters. The molecule has 0 fully saturated rings. The molecule has 0 spiro atoms. The Hall–Kier alpha value is -2.74. The maximum Gasteiger partial charge on any atom is 0.231 e. The van der Waals surface area contributed by atoms with E-state index in [2.05, 4.69) is 31.2 Å². The van der Waals surface area contributed by atoms with E-state index >= 15 is 0 Å². The van der Waals surface area contributed by atoms with E-state index in [1.54, 1.807) is 0 Å². The Bertz CT molecular complexity index is 1010. The normalized spacial score (nSPS) is 18.2. The molecule has 2 aliphatic heterocycles. The highest BCUT2D eigenvalue weighted by Gasteiger charge is 2.28. The first kappa shape index (κ1) is 13.7. The van der Waals surface area contributed by atoms with Gasteiger partial charge in [0, 0.05) is 5.56 Å². The zero-order valence-electron chi connectivity index (χ0n) is 12.4. The van der Waals surface area contributed by atoms with Crippen LogP contribution in [0.4, 0.5) is 5.95 Å². The van der Waals surface area contributed by atoms with E-state index in [9.17, 15) is 0 Å². The summed E-state index contributed by atoms with van der Waals surface area (Å²) < 4.78 is 13.8. The number of guanidine groups is 1. The van der Waals surface area contributed by atoms with Gasteiger partial charge in [0.2, 0.25) is 12.7 Å². The largest absolute Gasteiger partial charge is 0.454 e. The molecule has 2 aliphatic rings. The summed E-state index contributed by atoms with van der Waals surface area (Å²) >= 11 is 3.54. The number of halogens is 1. The number of aromatic nitrogens is 2. The first-order valence-corrected chi connectivity index (χ1v) is 8.16. The van der Waals surface area contributed by atoms with Gasteiger partial charge in [0.05, 0.1) is 15.5 Å². The maximum absolute atomic E-state index is 5.97. The minimum atomic E-state index is -0.334. The molecular formula is C16H12BrN5O2. The molecule has 1 aromatic heterocycles. The lowest BCUT2D eigenvalue weighted by molar-refractivity contribution is 0.173. The Morgan fingerprint density at radius 2 is 2.12 bits per heavy atom. The molecule has 3 N–H and O–H groups in total. The van der Waals surface area contributed by atoms with Crippen LogP contribution in [0.1, 0.15) is 11.7 Å². The van der Waals surface area contributed by atoms with Crippen molar-refractivity contribution in [3.63, 3.8) is 0 Å². The molecule has 7 nitrogen and oxygen atoms in total. The number of imidazole rings is 1. The van der Waals surface area contributed by atoms with Crippen molar-refractivity contribution in [2.75, 3.05) is 12.1 Å². The van der Waals surface area contributed by atoms with E-state index in [1.165, 1.54) is 0 Å². The predicted octanol–water partition coefficient (Wildman–Crippen LogP) is 2.81. The summed E-state index contributed by atoms with van der Waals surface area (Å²) in [5.74, 6) is 2.40. The molecule has 0 aliphatic carbocycles. The number of ether oxygens (including phenoxy) is 2. The van der Waals surface area contributed by atoms with E-state index in [-0.39, 0.29) is 13.0 Å². The first-order chi connectivity index (χ1) is 11.7. The second-order valence-electron chi connectivity index (χ2n) is 5.54. The molecule has 5 rings (SSSR count). The molecule has 24 heavy (non-hydrogen) atoms. The second-order valence-corrected chi connectivity index (χ2v) is 6.40. The number of nitrogens with two attached hydrogens (primary N) is 1. The Kier molecular flexibility index (Phi) is 2.78. The highest BCUT2D eigenvalue weighted by molar-refractivity contribution is 9.10. The maximum atomic E-state index is 5.97. The molecule has 2 aromatic carbocycles. The average Bonchev–Trinajstić information content (AvgIpc) is 3.17. The van der Waals surface area contributed by atoms with Gasteiger partial charge in [-0.2, -0.15) is 0 Å². The number of para-hydroxylation sites is 2. The molecule has 8 heteroatoms. The lowest BCUT2D eigenvalue weighted by atomic mass is 10.1. The first-order valence-electron chi connectivity index (χ1n) is 7.37. The van der Waals surface area contributed by atoms with Crippen molar-refractivity contribution in [2.45, 2.75) is 6.17 Å². The zero-order chi connectivity index (χ0) is 16.3. The van der Waals surface area contributed by atoms with Crippen LogP contribution in [0.15, 0.2) is 45.9 Å². The Morgan fingerprint density at radius 1 is 1.25 bits per heavy atom. The number of nitrogens with one attached hydrogen (secondary N) is 1. The molecule has 0 amide bonds. The van der Waals surface area contributed by atoms with Crippen LogP contribution in [-0.2, 0) is 0 Å². The summed E-state index contributed by atoms with van der Waals surface area (Å²) in [6, 6.07) is 11.8. The van der Waals surface area contributed by atoms with Gasteiger partial charge < -0.3 is 15.2 Å². The zero-order valence-corrected chi connectivity index (χ0v) is 13.9. The molecule has 0 unspecified atom stereocenters. The standard InChI is InChI=1S/C16H12BrN5O2/c17-9-5-8(6-12-13(9)24-7-23-12)14-20-15(18)21-16-19-10-3-1-2-4-11(10)22(14)16/h1-6,14H,7H2,(H3,18,19,20,21)/t14-/m0/s1. The van der Waals surface area contributed by atoms with Gasteiger partial charge in [0.25, 0.3) is 0 Å². The number of nitrogens with zero attached hydrogens (tertiary/aromatic N) is 3. The molecule has 3 aromatic rings. The smallest absolute Gasteiger partial charge is 0.231 e. The number of rotatable bonds is 1. The highest BCUT2D eigenvalue weighted by atomic mass is 79.9. The fourth-order valence-electron chi connectivity index (χ4n) is 3.08. The van der Waals surface area contributed by atoms with Gasteiger partial charge in [-0.15, -0.1) is 0 Å². The van der Waals surface area contributed by atoms with Crippen molar-refractivity contribution in [3.8, 4) is 11.5 Å². The van der Waals surface area contributed by atoms with Crippen LogP contribution in [0.2, 0.25) is 0 Å². The fourth-order valence-corrected chi connectivity index (χ4v) is 3.65. The summed E-state index contributed by atoms with van der Waals surface area (Å²) in [6.45, 7) is 0.217. The molecule has 0 saturated carbocycles. The van der Waals surface area contributed by atoms with Crippen molar-refractivity contribution in [2.24, 2.45) is 10.7 Å². The van der Waals surface area contributed by atoms with Crippen molar-refractivity contribution >= 4 is 38.9 Å². The van der Waals surface area contributed by atoms with Crippen LogP contribution in [0, 0.1) is 0 Å². The number of aliphatic imine (C=N–C) groups is 1. The molecule has 0 bridgehead atoms. The van der Waals surface area contributed by atoms with Crippen LogP contribution in [0.25, 0.3) is 11.0 Å². The summed E-state index contributed by atoms with van der Waals surface area (Å²) in [6.07, 6.45) is -0.334. The monoisotopic (exact) mass is 385 g/mol. The van der Waals surface area contributed by atoms with Crippen molar-refractivity contribution in [3.05, 3.63) is 46.4 Å². The summed E-state index contributed by atoms with van der Waals surface area (Å²) in [5.41, 5.74) is 8.76. The predicted molar refractivity (Wildman–Crippen MR) is 93.4 cm³/mol. The van der Waals surface area contributed by atoms with Crippen LogP contribution in [0.5, 0.6) is 11.5 Å². The molecule has 0 radical (unpaired) electrons. The van der Waals surface area contributed by atoms with Gasteiger partial charge in [-0.25, -0.2) is 9.98 Å². The minimum absolute atomic E-state index is 0.217. The summed E-state index contributed by atoms with van der Waals surface area (Å²) in [5, 5.41) is 3.03. The Labute approximate surface area is 145 Å². The molecule has 120 valence electrons. The van der Waals surface area contributed by atoms with Crippen LogP contribution < -0.4 is 20.5 Å². The van der Waals surface area contributed by atoms with Crippen molar-refractivity contribution < 1.29 is 9.47 Å². The van der Waals surface area contributed by atoms with Gasteiger partial charge in [-0.3, -0.25) is 9.88 Å². The van der Waals surface area contributed by atoms with E-state index in [1.807, 2.05) is 41.0 Å². The Balaban J connectivity index is 1.74. The second kappa shape index (κ2) is 4.88. The van der Waals surface area contributed by atoms with Gasteiger partial charge >= 0.3 is 0 Å². The fraction of sp³-hybridized carbons (Fsp3) is 0.125. The third-order valence-corrected chi connectivity index (χ3v) is 4.68. The molecule has 3 heterocycles. The van der Waals surface area contributed by atoms with E-state index in [4.69, 9.17) is 15.2 Å². The SMILES string of the molecule is NC1=N[C@H](c2cc(Br)c3c(c2)OCO3)n2c(nc3ccccc32)N1. The molecule has 0 saturated heterocycles. The average molecular weight is 386 g/mol. The highest BCUT2D eigenvalue weighted by Crippen LogP contribution is 2.43. The van der Waals surface area contributed by atoms with E-state index in [0.29, 0.717) is 23.4 Å². The molecular weight excluding hydrogens is 374 g/mol. The topological polar surface area (TPSA) is 86.7 Å². The van der Waals surface area contributed by atoms with Crippen molar-refractivity contribution in [1.29, 1.82) is 0 Å².